The Morgan fingerprint density at radius 3 is 1.83 bits per heavy atom. The molecule has 0 fully saturated rings. The molecule has 0 saturated carbocycles. The minimum atomic E-state index is -2.49. The normalized spacial score (nSPS) is 14.6. The Labute approximate surface area is 182 Å². The summed E-state index contributed by atoms with van der Waals surface area (Å²) >= 11 is 0. The molecule has 2 rings (SSSR count). The number of aliphatic hydroxyl groups is 2. The van der Waals surface area contributed by atoms with E-state index in [-0.39, 0.29) is 5.04 Å². The molecule has 0 radical (unpaired) electrons. The zero-order valence-electron chi connectivity index (χ0n) is 18.5. The third-order valence-corrected chi connectivity index (χ3v) is 10.5. The summed E-state index contributed by atoms with van der Waals surface area (Å²) in [4.78, 5) is 0. The van der Waals surface area contributed by atoms with Gasteiger partial charge in [-0.3, -0.25) is 0 Å². The second-order valence-electron chi connectivity index (χ2n) is 8.67. The zero-order chi connectivity index (χ0) is 22.0. The maximum Gasteiger partial charge on any atom is 0.261 e. The van der Waals surface area contributed by atoms with E-state index in [1.54, 1.807) is 6.08 Å². The van der Waals surface area contributed by atoms with Crippen LogP contribution in [-0.2, 0) is 4.43 Å². The molecular weight excluding hydrogens is 388 g/mol. The van der Waals surface area contributed by atoms with Gasteiger partial charge < -0.3 is 14.6 Å². The molecule has 2 N–H and O–H groups in total. The van der Waals surface area contributed by atoms with E-state index >= 15 is 0 Å². The Morgan fingerprint density at radius 2 is 1.37 bits per heavy atom. The van der Waals surface area contributed by atoms with Crippen molar-refractivity contribution in [2.24, 2.45) is 0 Å². The molecular formula is C26H36O3Si. The van der Waals surface area contributed by atoms with E-state index in [1.165, 1.54) is 10.4 Å². The van der Waals surface area contributed by atoms with Gasteiger partial charge in [0.2, 0.25) is 0 Å². The fraction of sp³-hybridized carbons (Fsp3) is 0.385. The van der Waals surface area contributed by atoms with Crippen LogP contribution in [0.4, 0.5) is 0 Å². The van der Waals surface area contributed by atoms with Gasteiger partial charge in [0.15, 0.2) is 0 Å². The summed E-state index contributed by atoms with van der Waals surface area (Å²) in [5.41, 5.74) is 0. The van der Waals surface area contributed by atoms with Gasteiger partial charge in [-0.2, -0.15) is 0 Å². The highest BCUT2D eigenvalue weighted by atomic mass is 28.4. The zero-order valence-corrected chi connectivity index (χ0v) is 19.5. The fourth-order valence-corrected chi connectivity index (χ4v) is 8.46. The lowest BCUT2D eigenvalue weighted by atomic mass is 10.1. The van der Waals surface area contributed by atoms with Crippen molar-refractivity contribution in [2.45, 2.75) is 57.3 Å². The Bertz CT molecular complexity index is 741. The molecule has 0 amide bonds. The van der Waals surface area contributed by atoms with Gasteiger partial charge in [-0.25, -0.2) is 0 Å². The van der Waals surface area contributed by atoms with Crippen molar-refractivity contribution in [2.75, 3.05) is 6.61 Å². The average molecular weight is 425 g/mol. The van der Waals surface area contributed by atoms with E-state index in [1.807, 2.05) is 24.3 Å². The molecule has 0 spiro atoms. The first-order valence-corrected chi connectivity index (χ1v) is 12.6. The van der Waals surface area contributed by atoms with Crippen molar-refractivity contribution in [3.8, 4) is 0 Å². The van der Waals surface area contributed by atoms with Crippen molar-refractivity contribution in [1.82, 2.24) is 0 Å². The van der Waals surface area contributed by atoms with Crippen LogP contribution in [0, 0.1) is 0 Å². The molecule has 2 atom stereocenters. The second kappa shape index (κ2) is 11.4. The first kappa shape index (κ1) is 24.3. The maximum absolute atomic E-state index is 9.97. The van der Waals surface area contributed by atoms with Gasteiger partial charge in [0.05, 0.1) is 12.2 Å². The summed E-state index contributed by atoms with van der Waals surface area (Å²) in [5.74, 6) is 0. The highest BCUT2D eigenvalue weighted by molar-refractivity contribution is 6.99. The lowest BCUT2D eigenvalue weighted by Gasteiger charge is -2.43. The van der Waals surface area contributed by atoms with Gasteiger partial charge in [0.25, 0.3) is 8.32 Å². The molecule has 0 aromatic heterocycles. The van der Waals surface area contributed by atoms with Crippen LogP contribution in [0.3, 0.4) is 0 Å². The quantitative estimate of drug-likeness (QED) is 0.323. The highest BCUT2D eigenvalue weighted by Crippen LogP contribution is 2.36. The first-order chi connectivity index (χ1) is 14.3. The SMILES string of the molecule is C=CC[C@@H](O)[C@@H](O)C/C=C/CCO[Si](c1ccccc1)(c1ccccc1)C(C)(C)C. The predicted molar refractivity (Wildman–Crippen MR) is 129 cm³/mol. The molecule has 2 aromatic rings. The average Bonchev–Trinajstić information content (AvgIpc) is 2.73. The maximum atomic E-state index is 9.97. The topological polar surface area (TPSA) is 49.7 Å². The van der Waals surface area contributed by atoms with Crippen molar-refractivity contribution in [1.29, 1.82) is 0 Å². The Hall–Kier alpha value is -1.98. The smallest absolute Gasteiger partial charge is 0.261 e. The van der Waals surface area contributed by atoms with Crippen LogP contribution in [-0.4, -0.2) is 37.3 Å². The first-order valence-electron chi connectivity index (χ1n) is 10.7. The third kappa shape index (κ3) is 6.02. The number of hydrogen-bond acceptors (Lipinski definition) is 3. The monoisotopic (exact) mass is 424 g/mol. The molecule has 0 aliphatic rings. The van der Waals surface area contributed by atoms with Gasteiger partial charge in [-0.15, -0.1) is 6.58 Å². The minimum absolute atomic E-state index is 0.0373. The molecule has 2 aromatic carbocycles. The lowest BCUT2D eigenvalue weighted by molar-refractivity contribution is 0.0238. The van der Waals surface area contributed by atoms with Crippen LogP contribution < -0.4 is 10.4 Å². The Morgan fingerprint density at radius 1 is 0.867 bits per heavy atom. The van der Waals surface area contributed by atoms with Gasteiger partial charge >= 0.3 is 0 Å². The minimum Gasteiger partial charge on any atom is -0.407 e. The van der Waals surface area contributed by atoms with E-state index in [2.05, 4.69) is 75.9 Å². The summed E-state index contributed by atoms with van der Waals surface area (Å²) < 4.78 is 6.82. The third-order valence-electron chi connectivity index (χ3n) is 5.42. The van der Waals surface area contributed by atoms with Crippen LogP contribution in [0.5, 0.6) is 0 Å². The molecule has 162 valence electrons. The Balaban J connectivity index is 2.15. The molecule has 3 nitrogen and oxygen atoms in total. The lowest BCUT2D eigenvalue weighted by Crippen LogP contribution is -2.66. The summed E-state index contributed by atoms with van der Waals surface area (Å²) in [7, 11) is -2.49. The summed E-state index contributed by atoms with van der Waals surface area (Å²) in [5, 5.41) is 22.3. The summed E-state index contributed by atoms with van der Waals surface area (Å²) in [6, 6.07) is 21.2. The van der Waals surface area contributed by atoms with Gasteiger partial charge in [-0.05, 0) is 34.7 Å². The number of benzene rings is 2. The van der Waals surface area contributed by atoms with Gasteiger partial charge in [-0.1, -0.05) is 99.7 Å². The molecule has 30 heavy (non-hydrogen) atoms. The van der Waals surface area contributed by atoms with Crippen LogP contribution in [0.2, 0.25) is 5.04 Å². The van der Waals surface area contributed by atoms with Crippen molar-refractivity contribution in [3.05, 3.63) is 85.5 Å². The molecule has 0 aliphatic heterocycles. The van der Waals surface area contributed by atoms with E-state index in [0.717, 1.165) is 6.42 Å². The van der Waals surface area contributed by atoms with Crippen molar-refractivity contribution in [3.63, 3.8) is 0 Å². The number of hydrogen-bond donors (Lipinski definition) is 2. The molecule has 0 aliphatic carbocycles. The molecule has 0 bridgehead atoms. The summed E-state index contributed by atoms with van der Waals surface area (Å²) in [6.07, 6.45) is 5.62. The molecule has 4 heteroatoms. The van der Waals surface area contributed by atoms with E-state index in [4.69, 9.17) is 4.43 Å². The van der Waals surface area contributed by atoms with Crippen LogP contribution >= 0.6 is 0 Å². The highest BCUT2D eigenvalue weighted by Gasteiger charge is 2.49. The molecule has 0 heterocycles. The van der Waals surface area contributed by atoms with Crippen molar-refractivity contribution >= 4 is 18.7 Å². The van der Waals surface area contributed by atoms with Crippen LogP contribution in [0.15, 0.2) is 85.5 Å². The molecule has 0 saturated heterocycles. The summed E-state index contributed by atoms with van der Waals surface area (Å²) in [6.45, 7) is 11.0. The molecule has 0 unspecified atom stereocenters. The van der Waals surface area contributed by atoms with E-state index < -0.39 is 20.5 Å². The van der Waals surface area contributed by atoms with Crippen LogP contribution in [0.1, 0.15) is 40.0 Å². The predicted octanol–water partition coefficient (Wildman–Crippen LogP) is 4.20. The van der Waals surface area contributed by atoms with E-state index in [9.17, 15) is 10.2 Å². The van der Waals surface area contributed by atoms with Crippen LogP contribution in [0.25, 0.3) is 0 Å². The fourth-order valence-electron chi connectivity index (χ4n) is 3.88. The van der Waals surface area contributed by atoms with Crippen molar-refractivity contribution < 1.29 is 14.6 Å². The van der Waals surface area contributed by atoms with E-state index in [0.29, 0.717) is 19.4 Å². The Kier molecular flexibility index (Phi) is 9.25. The number of rotatable bonds is 11. The largest absolute Gasteiger partial charge is 0.407 e. The number of aliphatic hydroxyl groups excluding tert-OH is 2. The second-order valence-corrected chi connectivity index (χ2v) is 13.0. The standard InChI is InChI=1S/C26H36O3Si/c1-5-15-24(27)25(28)20-13-8-14-21-29-30(26(2,3)4,22-16-9-6-10-17-22)23-18-11-7-12-19-23/h5-13,16-19,24-25,27-28H,1,14-15,20-21H2,2-4H3/b13-8+/t24-,25+/m1/s1. The van der Waals surface area contributed by atoms with Gasteiger partial charge in [0.1, 0.15) is 0 Å². The van der Waals surface area contributed by atoms with Gasteiger partial charge in [0, 0.05) is 6.61 Å².